The Labute approximate surface area is 116 Å². The van der Waals surface area contributed by atoms with E-state index in [1.807, 2.05) is 40.5 Å². The Morgan fingerprint density at radius 3 is 2.89 bits per heavy atom. The summed E-state index contributed by atoms with van der Waals surface area (Å²) in [6.45, 7) is 2.35. The third kappa shape index (κ3) is 3.68. The van der Waals surface area contributed by atoms with E-state index in [0.717, 1.165) is 12.1 Å². The summed E-state index contributed by atoms with van der Waals surface area (Å²) in [5.41, 5.74) is 0.906. The fourth-order valence-electron chi connectivity index (χ4n) is 1.85. The van der Waals surface area contributed by atoms with Gasteiger partial charge in [0.1, 0.15) is 4.88 Å². The molecule has 0 saturated heterocycles. The van der Waals surface area contributed by atoms with Gasteiger partial charge in [0, 0.05) is 18.9 Å². The first kappa shape index (κ1) is 13.8. The van der Waals surface area contributed by atoms with E-state index in [2.05, 4.69) is 5.32 Å². The molecule has 1 unspecified atom stereocenters. The molecular weight excluding hydrogens is 260 g/mol. The normalized spacial score (nSPS) is 12.3. The molecule has 0 fully saturated rings. The number of thiophene rings is 1. The molecule has 0 aliphatic heterocycles. The third-order valence-electron chi connectivity index (χ3n) is 2.82. The minimum atomic E-state index is -0.311. The van der Waals surface area contributed by atoms with E-state index in [1.54, 1.807) is 6.92 Å². The van der Waals surface area contributed by atoms with Crippen LogP contribution in [-0.4, -0.2) is 28.2 Å². The molecule has 2 rings (SSSR count). The van der Waals surface area contributed by atoms with Crippen LogP contribution in [0.25, 0.3) is 5.69 Å². The van der Waals surface area contributed by atoms with Crippen LogP contribution in [0.5, 0.6) is 0 Å². The molecule has 2 heterocycles. The molecule has 4 nitrogen and oxygen atoms in total. The fourth-order valence-corrected chi connectivity index (χ4v) is 2.66. The molecular formula is C14H18N2O2S. The maximum absolute atomic E-state index is 12.1. The Bertz CT molecular complexity index is 517. The number of hydrogen-bond acceptors (Lipinski definition) is 3. The van der Waals surface area contributed by atoms with Gasteiger partial charge in [-0.25, -0.2) is 0 Å². The second kappa shape index (κ2) is 6.54. The summed E-state index contributed by atoms with van der Waals surface area (Å²) in [6, 6.07) is 5.80. The van der Waals surface area contributed by atoms with Gasteiger partial charge in [0.25, 0.3) is 5.91 Å². The van der Waals surface area contributed by atoms with Gasteiger partial charge in [-0.15, -0.1) is 11.3 Å². The van der Waals surface area contributed by atoms with Crippen LogP contribution in [0, 0.1) is 0 Å². The van der Waals surface area contributed by atoms with Gasteiger partial charge in [-0.2, -0.15) is 0 Å². The second-order valence-electron chi connectivity index (χ2n) is 4.47. The van der Waals surface area contributed by atoms with Crippen LogP contribution >= 0.6 is 11.3 Å². The molecule has 2 N–H and O–H groups in total. The van der Waals surface area contributed by atoms with Crippen molar-refractivity contribution < 1.29 is 9.90 Å². The van der Waals surface area contributed by atoms with Gasteiger partial charge in [0.05, 0.1) is 11.8 Å². The Balaban J connectivity index is 1.95. The van der Waals surface area contributed by atoms with E-state index < -0.39 is 0 Å². The molecule has 0 spiro atoms. The molecule has 1 atom stereocenters. The number of rotatable bonds is 6. The molecule has 2 aromatic rings. The predicted molar refractivity (Wildman–Crippen MR) is 76.9 cm³/mol. The largest absolute Gasteiger partial charge is 0.393 e. The van der Waals surface area contributed by atoms with Gasteiger partial charge in [-0.3, -0.25) is 4.79 Å². The number of aromatic nitrogens is 1. The highest BCUT2D eigenvalue weighted by molar-refractivity contribution is 7.12. The predicted octanol–water partition coefficient (Wildman–Crippen LogP) is 2.43. The van der Waals surface area contributed by atoms with Crippen LogP contribution < -0.4 is 5.32 Å². The van der Waals surface area contributed by atoms with E-state index in [-0.39, 0.29) is 12.0 Å². The summed E-state index contributed by atoms with van der Waals surface area (Å²) in [4.78, 5) is 12.8. The van der Waals surface area contributed by atoms with E-state index in [9.17, 15) is 4.79 Å². The zero-order chi connectivity index (χ0) is 13.7. The van der Waals surface area contributed by atoms with Crippen molar-refractivity contribution in [1.82, 2.24) is 9.88 Å². The zero-order valence-electron chi connectivity index (χ0n) is 10.9. The topological polar surface area (TPSA) is 54.3 Å². The van der Waals surface area contributed by atoms with Crippen LogP contribution in [0.2, 0.25) is 0 Å². The fraction of sp³-hybridized carbons (Fsp3) is 0.357. The molecule has 1 amide bonds. The van der Waals surface area contributed by atoms with Crippen molar-refractivity contribution in [1.29, 1.82) is 0 Å². The number of carbonyl (C=O) groups is 1. The lowest BCUT2D eigenvalue weighted by atomic mass is 10.2. The Hall–Kier alpha value is -1.59. The van der Waals surface area contributed by atoms with Crippen molar-refractivity contribution in [2.45, 2.75) is 25.9 Å². The van der Waals surface area contributed by atoms with Crippen LogP contribution in [0.3, 0.4) is 0 Å². The smallest absolute Gasteiger partial charge is 0.263 e. The third-order valence-corrected chi connectivity index (χ3v) is 3.72. The number of nitrogens with one attached hydrogen (secondary N) is 1. The van der Waals surface area contributed by atoms with Crippen molar-refractivity contribution in [3.8, 4) is 5.69 Å². The molecule has 0 bridgehead atoms. The Kier molecular flexibility index (Phi) is 4.76. The molecule has 0 aromatic carbocycles. The molecule has 0 aliphatic rings. The lowest BCUT2D eigenvalue weighted by Gasteiger charge is -2.07. The van der Waals surface area contributed by atoms with Crippen LogP contribution in [-0.2, 0) is 0 Å². The molecule has 5 heteroatoms. The summed E-state index contributed by atoms with van der Waals surface area (Å²) in [5, 5.41) is 14.0. The molecule has 102 valence electrons. The second-order valence-corrected chi connectivity index (χ2v) is 5.39. The summed E-state index contributed by atoms with van der Waals surface area (Å²) >= 11 is 1.44. The van der Waals surface area contributed by atoms with Crippen LogP contribution in [0.4, 0.5) is 0 Å². The highest BCUT2D eigenvalue weighted by Gasteiger charge is 2.13. The number of carbonyl (C=O) groups excluding carboxylic acids is 1. The first-order chi connectivity index (χ1) is 9.18. The molecule has 0 aliphatic carbocycles. The summed E-state index contributed by atoms with van der Waals surface area (Å²) in [6.07, 6.45) is 5.02. The Morgan fingerprint density at radius 2 is 2.21 bits per heavy atom. The summed E-state index contributed by atoms with van der Waals surface area (Å²) < 4.78 is 1.93. The van der Waals surface area contributed by atoms with Crippen LogP contribution in [0.1, 0.15) is 29.4 Å². The highest BCUT2D eigenvalue weighted by atomic mass is 32.1. The summed E-state index contributed by atoms with van der Waals surface area (Å²) in [5.74, 6) is -0.0516. The minimum absolute atomic E-state index is 0.0516. The Morgan fingerprint density at radius 1 is 1.47 bits per heavy atom. The zero-order valence-corrected chi connectivity index (χ0v) is 11.7. The minimum Gasteiger partial charge on any atom is -0.393 e. The van der Waals surface area contributed by atoms with E-state index in [4.69, 9.17) is 5.11 Å². The van der Waals surface area contributed by atoms with Crippen molar-refractivity contribution in [2.24, 2.45) is 0 Å². The molecule has 0 saturated carbocycles. The standard InChI is InChI=1S/C14H18N2O2S/c1-11(17)5-4-7-15-14(18)13-12(6-10-19-13)16-8-2-3-9-16/h2-3,6,8-11,17H,4-5,7H2,1H3,(H,15,18). The number of aliphatic hydroxyl groups is 1. The van der Waals surface area contributed by atoms with Crippen molar-refractivity contribution in [3.63, 3.8) is 0 Å². The SMILES string of the molecule is CC(O)CCCNC(=O)c1sccc1-n1cccc1. The van der Waals surface area contributed by atoms with Crippen molar-refractivity contribution in [2.75, 3.05) is 6.54 Å². The average Bonchev–Trinajstić information content (AvgIpc) is 3.02. The maximum Gasteiger partial charge on any atom is 0.263 e. The first-order valence-electron chi connectivity index (χ1n) is 6.35. The lowest BCUT2D eigenvalue weighted by molar-refractivity contribution is 0.0953. The molecule has 0 radical (unpaired) electrons. The van der Waals surface area contributed by atoms with Crippen molar-refractivity contribution >= 4 is 17.2 Å². The summed E-state index contributed by atoms with van der Waals surface area (Å²) in [7, 11) is 0. The highest BCUT2D eigenvalue weighted by Crippen LogP contribution is 2.21. The van der Waals surface area contributed by atoms with Gasteiger partial charge in [-0.05, 0) is 43.3 Å². The first-order valence-corrected chi connectivity index (χ1v) is 7.23. The van der Waals surface area contributed by atoms with Gasteiger partial charge in [-0.1, -0.05) is 0 Å². The maximum atomic E-state index is 12.1. The molecule has 2 aromatic heterocycles. The van der Waals surface area contributed by atoms with E-state index >= 15 is 0 Å². The van der Waals surface area contributed by atoms with E-state index in [1.165, 1.54) is 11.3 Å². The van der Waals surface area contributed by atoms with Gasteiger partial charge in [0.2, 0.25) is 0 Å². The molecule has 19 heavy (non-hydrogen) atoms. The number of nitrogens with zero attached hydrogens (tertiary/aromatic N) is 1. The number of aliphatic hydroxyl groups excluding tert-OH is 1. The van der Waals surface area contributed by atoms with Gasteiger partial charge < -0.3 is 15.0 Å². The van der Waals surface area contributed by atoms with Crippen molar-refractivity contribution in [3.05, 3.63) is 40.8 Å². The van der Waals surface area contributed by atoms with Crippen LogP contribution in [0.15, 0.2) is 36.0 Å². The number of amides is 1. The lowest BCUT2D eigenvalue weighted by Crippen LogP contribution is -2.25. The monoisotopic (exact) mass is 278 g/mol. The van der Waals surface area contributed by atoms with Gasteiger partial charge in [0.15, 0.2) is 0 Å². The van der Waals surface area contributed by atoms with E-state index in [0.29, 0.717) is 17.8 Å². The number of hydrogen-bond donors (Lipinski definition) is 2. The van der Waals surface area contributed by atoms with Gasteiger partial charge >= 0.3 is 0 Å². The quantitative estimate of drug-likeness (QED) is 0.797. The average molecular weight is 278 g/mol.